The Labute approximate surface area is 105 Å². The molecule has 0 aromatic carbocycles. The summed E-state index contributed by atoms with van der Waals surface area (Å²) in [4.78, 5) is 22.4. The summed E-state index contributed by atoms with van der Waals surface area (Å²) in [6, 6.07) is 0. The molecule has 7 nitrogen and oxygen atoms in total. The number of hydrogen-bond acceptors (Lipinski definition) is 4. The topological polar surface area (TPSA) is 110 Å². The van der Waals surface area contributed by atoms with Gasteiger partial charge in [-0.25, -0.2) is 0 Å². The van der Waals surface area contributed by atoms with E-state index in [0.717, 1.165) is 0 Å². The second-order valence-electron chi connectivity index (χ2n) is 4.14. The van der Waals surface area contributed by atoms with E-state index in [2.05, 4.69) is 10.4 Å². The molecule has 0 unspecified atom stereocenters. The minimum atomic E-state index is -0.994. The highest BCUT2D eigenvalue weighted by molar-refractivity contribution is 5.97. The van der Waals surface area contributed by atoms with Crippen molar-refractivity contribution in [1.29, 1.82) is 0 Å². The number of aromatic nitrogens is 2. The van der Waals surface area contributed by atoms with Crippen molar-refractivity contribution in [2.75, 3.05) is 5.32 Å². The fraction of sp³-hybridized carbons (Fsp3) is 0.545. The van der Waals surface area contributed by atoms with Crippen LogP contribution in [0.5, 0.6) is 0 Å². The molecule has 0 bridgehead atoms. The molecule has 7 heteroatoms. The molecule has 0 spiro atoms. The first-order valence-corrected chi connectivity index (χ1v) is 5.76. The summed E-state index contributed by atoms with van der Waals surface area (Å²) in [7, 11) is 0. The van der Waals surface area contributed by atoms with Crippen LogP contribution in [-0.4, -0.2) is 32.3 Å². The summed E-state index contributed by atoms with van der Waals surface area (Å²) in [5.41, 5.74) is 5.48. The van der Waals surface area contributed by atoms with Gasteiger partial charge in [-0.15, -0.1) is 0 Å². The monoisotopic (exact) mass is 254 g/mol. The van der Waals surface area contributed by atoms with Gasteiger partial charge in [-0.1, -0.05) is 13.8 Å². The number of anilines is 1. The van der Waals surface area contributed by atoms with Crippen molar-refractivity contribution in [1.82, 2.24) is 9.78 Å². The van der Waals surface area contributed by atoms with Gasteiger partial charge in [-0.2, -0.15) is 5.10 Å². The maximum Gasteiger partial charge on any atom is 0.325 e. The van der Waals surface area contributed by atoms with Crippen LogP contribution in [0.3, 0.4) is 0 Å². The summed E-state index contributed by atoms with van der Waals surface area (Å²) in [6.07, 6.45) is 3.90. The van der Waals surface area contributed by atoms with E-state index in [9.17, 15) is 9.59 Å². The van der Waals surface area contributed by atoms with Crippen LogP contribution in [0.15, 0.2) is 12.4 Å². The maximum absolute atomic E-state index is 11.9. The molecule has 0 aliphatic heterocycles. The molecule has 1 amide bonds. The fourth-order valence-corrected chi connectivity index (χ4v) is 1.48. The molecule has 0 saturated carbocycles. The maximum atomic E-state index is 11.9. The first-order chi connectivity index (χ1) is 8.41. The van der Waals surface area contributed by atoms with Crippen molar-refractivity contribution >= 4 is 17.6 Å². The molecule has 0 atom stereocenters. The highest BCUT2D eigenvalue weighted by atomic mass is 16.4. The molecule has 0 aliphatic rings. The highest BCUT2D eigenvalue weighted by Gasteiger charge is 2.30. The van der Waals surface area contributed by atoms with E-state index >= 15 is 0 Å². The predicted octanol–water partition coefficient (Wildman–Crippen LogP) is 0.424. The standard InChI is InChI=1S/C11H18N4O3/c1-3-11(12,4-2)10(18)14-8-5-13-15(6-8)7-9(16)17/h5-6H,3-4,7,12H2,1-2H3,(H,14,18)(H,16,17). The number of hydrogen-bond donors (Lipinski definition) is 3. The fourth-order valence-electron chi connectivity index (χ4n) is 1.48. The van der Waals surface area contributed by atoms with Crippen molar-refractivity contribution in [2.45, 2.75) is 38.8 Å². The van der Waals surface area contributed by atoms with Crippen LogP contribution < -0.4 is 11.1 Å². The Bertz CT molecular complexity index is 437. The zero-order valence-corrected chi connectivity index (χ0v) is 10.5. The molecule has 0 aliphatic carbocycles. The quantitative estimate of drug-likeness (QED) is 0.681. The van der Waals surface area contributed by atoms with Crippen LogP contribution in [0, 0.1) is 0 Å². The number of carboxylic acid groups (broad SMARTS) is 1. The van der Waals surface area contributed by atoms with Crippen molar-refractivity contribution in [3.8, 4) is 0 Å². The van der Waals surface area contributed by atoms with Gasteiger partial charge in [-0.3, -0.25) is 14.3 Å². The van der Waals surface area contributed by atoms with Gasteiger partial charge in [0.15, 0.2) is 0 Å². The largest absolute Gasteiger partial charge is 0.480 e. The Morgan fingerprint density at radius 3 is 2.61 bits per heavy atom. The second-order valence-corrected chi connectivity index (χ2v) is 4.14. The van der Waals surface area contributed by atoms with Crippen LogP contribution >= 0.6 is 0 Å². The molecule has 1 aromatic rings. The Kier molecular flexibility index (Phi) is 4.43. The number of amides is 1. The zero-order chi connectivity index (χ0) is 13.8. The van der Waals surface area contributed by atoms with E-state index in [1.165, 1.54) is 17.1 Å². The van der Waals surface area contributed by atoms with Gasteiger partial charge in [0, 0.05) is 6.20 Å². The molecule has 18 heavy (non-hydrogen) atoms. The van der Waals surface area contributed by atoms with Gasteiger partial charge >= 0.3 is 5.97 Å². The number of carboxylic acids is 1. The predicted molar refractivity (Wildman–Crippen MR) is 66.0 cm³/mol. The average molecular weight is 254 g/mol. The third-order valence-corrected chi connectivity index (χ3v) is 2.90. The number of aliphatic carboxylic acids is 1. The van der Waals surface area contributed by atoms with E-state index in [4.69, 9.17) is 10.8 Å². The summed E-state index contributed by atoms with van der Waals surface area (Å²) in [5, 5.41) is 15.1. The molecule has 0 fully saturated rings. The lowest BCUT2D eigenvalue weighted by Gasteiger charge is -2.24. The second kappa shape index (κ2) is 5.63. The van der Waals surface area contributed by atoms with Crippen LogP contribution in [0.4, 0.5) is 5.69 Å². The van der Waals surface area contributed by atoms with E-state index in [-0.39, 0.29) is 12.5 Å². The van der Waals surface area contributed by atoms with Crippen LogP contribution in [-0.2, 0) is 16.1 Å². The number of nitrogens with zero attached hydrogens (tertiary/aromatic N) is 2. The Hall–Kier alpha value is -1.89. The van der Waals surface area contributed by atoms with Gasteiger partial charge in [0.05, 0.1) is 17.4 Å². The molecule has 1 heterocycles. The van der Waals surface area contributed by atoms with Gasteiger partial charge in [0.1, 0.15) is 6.54 Å². The number of rotatable bonds is 6. The van der Waals surface area contributed by atoms with Crippen molar-refractivity contribution in [3.63, 3.8) is 0 Å². The van der Waals surface area contributed by atoms with E-state index in [1.54, 1.807) is 0 Å². The Morgan fingerprint density at radius 2 is 2.11 bits per heavy atom. The lowest BCUT2D eigenvalue weighted by Crippen LogP contribution is -2.50. The average Bonchev–Trinajstić information content (AvgIpc) is 2.74. The molecular weight excluding hydrogens is 236 g/mol. The Morgan fingerprint density at radius 1 is 1.50 bits per heavy atom. The lowest BCUT2D eigenvalue weighted by molar-refractivity contribution is -0.137. The zero-order valence-electron chi connectivity index (χ0n) is 10.5. The summed E-state index contributed by atoms with van der Waals surface area (Å²) in [6.45, 7) is 3.44. The van der Waals surface area contributed by atoms with Gasteiger partial charge in [0.2, 0.25) is 5.91 Å². The molecule has 100 valence electrons. The molecule has 0 radical (unpaired) electrons. The first-order valence-electron chi connectivity index (χ1n) is 5.76. The van der Waals surface area contributed by atoms with Gasteiger partial charge in [0.25, 0.3) is 0 Å². The van der Waals surface area contributed by atoms with Crippen molar-refractivity contribution < 1.29 is 14.7 Å². The third-order valence-electron chi connectivity index (χ3n) is 2.90. The highest BCUT2D eigenvalue weighted by Crippen LogP contribution is 2.15. The number of nitrogens with one attached hydrogen (secondary N) is 1. The Balaban J connectivity index is 2.70. The molecular formula is C11H18N4O3. The van der Waals surface area contributed by atoms with E-state index in [1.807, 2.05) is 13.8 Å². The van der Waals surface area contributed by atoms with E-state index < -0.39 is 11.5 Å². The summed E-state index contributed by atoms with van der Waals surface area (Å²) >= 11 is 0. The normalized spacial score (nSPS) is 11.3. The smallest absolute Gasteiger partial charge is 0.325 e. The van der Waals surface area contributed by atoms with Crippen LogP contribution in [0.1, 0.15) is 26.7 Å². The van der Waals surface area contributed by atoms with Crippen molar-refractivity contribution in [3.05, 3.63) is 12.4 Å². The third kappa shape index (κ3) is 3.30. The van der Waals surface area contributed by atoms with Crippen LogP contribution in [0.25, 0.3) is 0 Å². The number of nitrogens with two attached hydrogens (primary N) is 1. The van der Waals surface area contributed by atoms with Gasteiger partial charge < -0.3 is 16.2 Å². The SMILES string of the molecule is CCC(N)(CC)C(=O)Nc1cnn(CC(=O)O)c1. The molecule has 4 N–H and O–H groups in total. The van der Waals surface area contributed by atoms with Crippen LogP contribution in [0.2, 0.25) is 0 Å². The lowest BCUT2D eigenvalue weighted by atomic mass is 9.93. The summed E-state index contributed by atoms with van der Waals surface area (Å²) in [5.74, 6) is -1.28. The van der Waals surface area contributed by atoms with Crippen molar-refractivity contribution in [2.24, 2.45) is 5.73 Å². The number of carbonyl (C=O) groups excluding carboxylic acids is 1. The van der Waals surface area contributed by atoms with E-state index in [0.29, 0.717) is 18.5 Å². The first kappa shape index (κ1) is 14.2. The molecule has 1 rings (SSSR count). The molecule has 0 saturated heterocycles. The minimum Gasteiger partial charge on any atom is -0.480 e. The molecule has 1 aromatic heterocycles. The minimum absolute atomic E-state index is 0.245. The number of carbonyl (C=O) groups is 2. The summed E-state index contributed by atoms with van der Waals surface area (Å²) < 4.78 is 1.23. The van der Waals surface area contributed by atoms with Gasteiger partial charge in [-0.05, 0) is 12.8 Å².